The minimum Gasteiger partial charge on any atom is -0.354 e. The van der Waals surface area contributed by atoms with Gasteiger partial charge in [0.15, 0.2) is 0 Å². The van der Waals surface area contributed by atoms with Gasteiger partial charge in [0.05, 0.1) is 11.4 Å². The van der Waals surface area contributed by atoms with E-state index in [1.807, 2.05) is 0 Å². The number of anilines is 4. The lowest BCUT2D eigenvalue weighted by atomic mass is 10.1. The van der Waals surface area contributed by atoms with E-state index < -0.39 is 0 Å². The van der Waals surface area contributed by atoms with Gasteiger partial charge in [-0.3, -0.25) is 0 Å². The Morgan fingerprint density at radius 1 is 0.433 bits per heavy atom. The van der Waals surface area contributed by atoms with Crippen molar-refractivity contribution in [2.45, 2.75) is 13.8 Å². The lowest BCUT2D eigenvalue weighted by molar-refractivity contribution is 1.33. The van der Waals surface area contributed by atoms with Crippen molar-refractivity contribution >= 4 is 44.3 Å². The number of aryl methyl sites for hydroxylation is 2. The highest BCUT2D eigenvalue weighted by Crippen LogP contribution is 2.33. The van der Waals surface area contributed by atoms with Crippen LogP contribution in [0, 0.1) is 13.8 Å². The summed E-state index contributed by atoms with van der Waals surface area (Å²) in [6.07, 6.45) is 0. The summed E-state index contributed by atoms with van der Waals surface area (Å²) in [7, 11) is 0. The SMILES string of the molecule is Cc1cc(Nc2ccc3ccccc3c2)c(Nc2ccc3ccccc3c2)cc1C. The van der Waals surface area contributed by atoms with Crippen molar-refractivity contribution in [2.24, 2.45) is 0 Å². The summed E-state index contributed by atoms with van der Waals surface area (Å²) in [5.74, 6) is 0. The van der Waals surface area contributed by atoms with Gasteiger partial charge in [0, 0.05) is 11.4 Å². The van der Waals surface area contributed by atoms with Crippen molar-refractivity contribution in [1.82, 2.24) is 0 Å². The molecule has 5 aromatic carbocycles. The Bertz CT molecular complexity index is 1260. The highest BCUT2D eigenvalue weighted by Gasteiger charge is 2.08. The third-order valence-corrected chi connectivity index (χ3v) is 5.69. The Labute approximate surface area is 177 Å². The summed E-state index contributed by atoms with van der Waals surface area (Å²) in [6, 6.07) is 34.3. The van der Waals surface area contributed by atoms with Crippen LogP contribution in [0.3, 0.4) is 0 Å². The van der Waals surface area contributed by atoms with Crippen LogP contribution >= 0.6 is 0 Å². The summed E-state index contributed by atoms with van der Waals surface area (Å²) >= 11 is 0. The molecule has 0 bridgehead atoms. The third kappa shape index (κ3) is 3.60. The maximum absolute atomic E-state index is 3.63. The molecule has 2 nitrogen and oxygen atoms in total. The predicted molar refractivity (Wildman–Crippen MR) is 130 cm³/mol. The summed E-state index contributed by atoms with van der Waals surface area (Å²) < 4.78 is 0. The molecule has 30 heavy (non-hydrogen) atoms. The Balaban J connectivity index is 1.51. The van der Waals surface area contributed by atoms with Crippen molar-refractivity contribution in [3.63, 3.8) is 0 Å². The van der Waals surface area contributed by atoms with Crippen molar-refractivity contribution in [1.29, 1.82) is 0 Å². The fraction of sp³-hybridized carbons (Fsp3) is 0.0714. The maximum Gasteiger partial charge on any atom is 0.0626 e. The summed E-state index contributed by atoms with van der Waals surface area (Å²) in [6.45, 7) is 4.31. The van der Waals surface area contributed by atoms with E-state index in [9.17, 15) is 0 Å². The minimum atomic E-state index is 1.07. The van der Waals surface area contributed by atoms with Crippen molar-refractivity contribution in [3.8, 4) is 0 Å². The Morgan fingerprint density at radius 3 is 1.27 bits per heavy atom. The van der Waals surface area contributed by atoms with Crippen LogP contribution in [0.1, 0.15) is 11.1 Å². The average Bonchev–Trinajstić information content (AvgIpc) is 2.77. The zero-order valence-corrected chi connectivity index (χ0v) is 17.2. The van der Waals surface area contributed by atoms with Crippen molar-refractivity contribution in [3.05, 3.63) is 108 Å². The smallest absolute Gasteiger partial charge is 0.0626 e. The quantitative estimate of drug-likeness (QED) is 0.325. The van der Waals surface area contributed by atoms with Gasteiger partial charge in [-0.1, -0.05) is 60.7 Å². The molecule has 0 saturated carbocycles. The fourth-order valence-electron chi connectivity index (χ4n) is 3.87. The number of fused-ring (bicyclic) bond motifs is 2. The standard InChI is InChI=1S/C28H24N2/c1-19-15-27(29-25-13-11-21-7-3-5-9-23(21)17-25)28(16-20(19)2)30-26-14-12-22-8-4-6-10-24(22)18-26/h3-18,29-30H,1-2H3. The average molecular weight is 389 g/mol. The molecule has 0 amide bonds. The zero-order valence-electron chi connectivity index (χ0n) is 17.2. The zero-order chi connectivity index (χ0) is 20.5. The van der Waals surface area contributed by atoms with Gasteiger partial charge in [-0.2, -0.15) is 0 Å². The molecule has 2 N–H and O–H groups in total. The van der Waals surface area contributed by atoms with E-state index in [1.54, 1.807) is 0 Å². The number of hydrogen-bond donors (Lipinski definition) is 2. The molecule has 0 aromatic heterocycles. The van der Waals surface area contributed by atoms with Crippen LogP contribution in [0.25, 0.3) is 21.5 Å². The monoisotopic (exact) mass is 388 g/mol. The van der Waals surface area contributed by atoms with Crippen LogP contribution in [0.5, 0.6) is 0 Å². The molecule has 5 aromatic rings. The first-order valence-electron chi connectivity index (χ1n) is 10.3. The Hall–Kier alpha value is -3.78. The number of hydrogen-bond acceptors (Lipinski definition) is 2. The van der Waals surface area contributed by atoms with E-state index in [0.717, 1.165) is 22.7 Å². The first-order valence-corrected chi connectivity index (χ1v) is 10.3. The number of benzene rings is 5. The first-order chi connectivity index (χ1) is 14.7. The molecule has 0 heterocycles. The molecule has 5 rings (SSSR count). The predicted octanol–water partition coefficient (Wildman–Crippen LogP) is 8.10. The Kier molecular flexibility index (Phi) is 4.61. The van der Waals surface area contributed by atoms with Crippen LogP contribution in [0.15, 0.2) is 97.1 Å². The van der Waals surface area contributed by atoms with E-state index in [2.05, 4.69) is 122 Å². The molecule has 0 atom stereocenters. The summed E-state index contributed by atoms with van der Waals surface area (Å²) in [4.78, 5) is 0. The fourth-order valence-corrected chi connectivity index (χ4v) is 3.87. The normalized spacial score (nSPS) is 11.0. The van der Waals surface area contributed by atoms with Gasteiger partial charge in [0.1, 0.15) is 0 Å². The molecule has 0 saturated heterocycles. The van der Waals surface area contributed by atoms with Crippen LogP contribution in [0.4, 0.5) is 22.7 Å². The molecule has 0 aliphatic rings. The third-order valence-electron chi connectivity index (χ3n) is 5.69. The molecular weight excluding hydrogens is 364 g/mol. The topological polar surface area (TPSA) is 24.1 Å². The Morgan fingerprint density at radius 2 is 0.833 bits per heavy atom. The summed E-state index contributed by atoms with van der Waals surface area (Å²) in [5.41, 5.74) is 6.84. The van der Waals surface area contributed by atoms with Crippen molar-refractivity contribution < 1.29 is 0 Å². The molecule has 0 aliphatic carbocycles. The molecule has 2 heteroatoms. The molecule has 0 unspecified atom stereocenters. The second-order valence-corrected chi connectivity index (χ2v) is 7.86. The van der Waals surface area contributed by atoms with E-state index in [-0.39, 0.29) is 0 Å². The molecule has 0 aliphatic heterocycles. The van der Waals surface area contributed by atoms with Gasteiger partial charge in [-0.05, 0) is 82.9 Å². The van der Waals surface area contributed by atoms with Crippen LogP contribution < -0.4 is 10.6 Å². The molecule has 0 radical (unpaired) electrons. The lowest BCUT2D eigenvalue weighted by Gasteiger charge is -2.17. The van der Waals surface area contributed by atoms with E-state index >= 15 is 0 Å². The lowest BCUT2D eigenvalue weighted by Crippen LogP contribution is -1.99. The number of rotatable bonds is 4. The van der Waals surface area contributed by atoms with Crippen LogP contribution in [-0.2, 0) is 0 Å². The van der Waals surface area contributed by atoms with E-state index in [0.29, 0.717) is 0 Å². The van der Waals surface area contributed by atoms with Crippen LogP contribution in [0.2, 0.25) is 0 Å². The first kappa shape index (κ1) is 18.3. The van der Waals surface area contributed by atoms with Gasteiger partial charge in [0.25, 0.3) is 0 Å². The van der Waals surface area contributed by atoms with Gasteiger partial charge >= 0.3 is 0 Å². The van der Waals surface area contributed by atoms with Crippen molar-refractivity contribution in [2.75, 3.05) is 10.6 Å². The minimum absolute atomic E-state index is 1.07. The highest BCUT2D eigenvalue weighted by molar-refractivity contribution is 5.90. The molecular formula is C28H24N2. The molecule has 0 spiro atoms. The second kappa shape index (κ2) is 7.57. The number of nitrogens with one attached hydrogen (secondary N) is 2. The molecule has 0 fully saturated rings. The van der Waals surface area contributed by atoms with Gasteiger partial charge in [-0.15, -0.1) is 0 Å². The van der Waals surface area contributed by atoms with Gasteiger partial charge in [0.2, 0.25) is 0 Å². The van der Waals surface area contributed by atoms with E-state index in [4.69, 9.17) is 0 Å². The van der Waals surface area contributed by atoms with Gasteiger partial charge < -0.3 is 10.6 Å². The largest absolute Gasteiger partial charge is 0.354 e. The molecule has 146 valence electrons. The van der Waals surface area contributed by atoms with E-state index in [1.165, 1.54) is 32.7 Å². The van der Waals surface area contributed by atoms with Gasteiger partial charge in [-0.25, -0.2) is 0 Å². The van der Waals surface area contributed by atoms with Crippen LogP contribution in [-0.4, -0.2) is 0 Å². The summed E-state index contributed by atoms with van der Waals surface area (Å²) in [5, 5.41) is 12.2. The maximum atomic E-state index is 3.63. The highest BCUT2D eigenvalue weighted by atomic mass is 15.0. The second-order valence-electron chi connectivity index (χ2n) is 7.86.